The smallest absolute Gasteiger partial charge is 0.325 e. The number of hydrazine groups is 1. The Labute approximate surface area is 195 Å². The third kappa shape index (κ3) is 4.43. The molecule has 174 valence electrons. The molecule has 1 aromatic carbocycles. The maximum absolute atomic E-state index is 13.0. The van der Waals surface area contributed by atoms with Gasteiger partial charge < -0.3 is 10.1 Å². The van der Waals surface area contributed by atoms with Crippen molar-refractivity contribution in [3.8, 4) is 5.75 Å². The lowest BCUT2D eigenvalue weighted by Gasteiger charge is -2.22. The molecule has 10 heteroatoms. The topological polar surface area (TPSA) is 117 Å². The summed E-state index contributed by atoms with van der Waals surface area (Å²) in [6.45, 7) is 3.25. The van der Waals surface area contributed by atoms with Crippen LogP contribution in [-0.2, 0) is 28.0 Å². The number of ether oxygens (including phenoxy) is 1. The van der Waals surface area contributed by atoms with Gasteiger partial charge in [-0.05, 0) is 61.4 Å². The molecule has 0 bridgehead atoms. The van der Waals surface area contributed by atoms with Gasteiger partial charge >= 0.3 is 6.03 Å². The molecule has 5 amide bonds. The van der Waals surface area contributed by atoms with Crippen molar-refractivity contribution in [1.82, 2.24) is 21.1 Å². The number of nitrogens with one attached hydrogen (secondary N) is 3. The van der Waals surface area contributed by atoms with Crippen LogP contribution in [0, 0.1) is 5.92 Å². The summed E-state index contributed by atoms with van der Waals surface area (Å²) in [7, 11) is 1.53. The average Bonchev–Trinajstić information content (AvgIpc) is 3.32. The second-order valence-corrected chi connectivity index (χ2v) is 9.72. The number of benzene rings is 1. The Hall–Kier alpha value is -3.40. The largest absolute Gasteiger partial charge is 0.497 e. The number of carbonyl (C=O) groups excluding carboxylic acids is 4. The number of imide groups is 1. The molecule has 4 rings (SSSR count). The Kier molecular flexibility index (Phi) is 6.11. The van der Waals surface area contributed by atoms with E-state index in [1.54, 1.807) is 31.2 Å². The Morgan fingerprint density at radius 1 is 1.24 bits per heavy atom. The second kappa shape index (κ2) is 8.86. The van der Waals surface area contributed by atoms with Gasteiger partial charge in [-0.3, -0.25) is 30.1 Å². The van der Waals surface area contributed by atoms with Crippen LogP contribution in [0.15, 0.2) is 30.3 Å². The van der Waals surface area contributed by atoms with Gasteiger partial charge in [0, 0.05) is 4.88 Å². The molecule has 1 fully saturated rings. The molecule has 0 saturated carbocycles. The van der Waals surface area contributed by atoms with Crippen LogP contribution >= 0.6 is 11.3 Å². The van der Waals surface area contributed by atoms with E-state index >= 15 is 0 Å². The zero-order valence-corrected chi connectivity index (χ0v) is 19.5. The highest BCUT2D eigenvalue weighted by molar-refractivity contribution is 7.14. The minimum Gasteiger partial charge on any atom is -0.497 e. The molecule has 2 aromatic rings. The molecular formula is C23H26N4O5S. The molecule has 2 heterocycles. The third-order valence-electron chi connectivity index (χ3n) is 6.11. The summed E-state index contributed by atoms with van der Waals surface area (Å²) < 4.78 is 5.12. The molecule has 2 unspecified atom stereocenters. The number of thiophene rings is 1. The van der Waals surface area contributed by atoms with Gasteiger partial charge in [0.25, 0.3) is 17.7 Å². The third-order valence-corrected chi connectivity index (χ3v) is 7.35. The van der Waals surface area contributed by atoms with Crippen molar-refractivity contribution in [2.75, 3.05) is 13.7 Å². The van der Waals surface area contributed by atoms with Crippen molar-refractivity contribution in [3.63, 3.8) is 0 Å². The Balaban J connectivity index is 1.36. The van der Waals surface area contributed by atoms with Gasteiger partial charge in [0.05, 0.1) is 12.0 Å². The number of amides is 5. The summed E-state index contributed by atoms with van der Waals surface area (Å²) in [4.78, 5) is 52.8. The Bertz CT molecular complexity index is 1110. The van der Waals surface area contributed by atoms with Gasteiger partial charge in [0.15, 0.2) is 0 Å². The first-order valence-corrected chi connectivity index (χ1v) is 11.5. The number of hydrogen-bond donors (Lipinski definition) is 3. The van der Waals surface area contributed by atoms with Gasteiger partial charge in [-0.15, -0.1) is 11.3 Å². The highest BCUT2D eigenvalue weighted by Gasteiger charge is 2.49. The summed E-state index contributed by atoms with van der Waals surface area (Å²) in [5, 5.41) is 2.64. The first-order valence-electron chi connectivity index (χ1n) is 10.7. The number of nitrogens with zero attached hydrogens (tertiary/aromatic N) is 1. The van der Waals surface area contributed by atoms with Crippen LogP contribution < -0.4 is 20.9 Å². The Morgan fingerprint density at radius 3 is 2.67 bits per heavy atom. The summed E-state index contributed by atoms with van der Waals surface area (Å²) in [5.41, 5.74) is 5.12. The van der Waals surface area contributed by atoms with Gasteiger partial charge in [0.1, 0.15) is 17.8 Å². The fraction of sp³-hybridized carbons (Fsp3) is 0.391. The number of carbonyl (C=O) groups is 4. The highest BCUT2D eigenvalue weighted by atomic mass is 32.1. The fourth-order valence-electron chi connectivity index (χ4n) is 4.15. The van der Waals surface area contributed by atoms with Crippen LogP contribution in [0.2, 0.25) is 0 Å². The number of urea groups is 1. The van der Waals surface area contributed by atoms with Crippen molar-refractivity contribution in [1.29, 1.82) is 0 Å². The lowest BCUT2D eigenvalue weighted by atomic mass is 9.90. The number of hydrogen-bond acceptors (Lipinski definition) is 6. The molecule has 1 aliphatic heterocycles. The van der Waals surface area contributed by atoms with Crippen molar-refractivity contribution < 1.29 is 23.9 Å². The zero-order valence-electron chi connectivity index (χ0n) is 18.7. The molecule has 33 heavy (non-hydrogen) atoms. The van der Waals surface area contributed by atoms with Crippen LogP contribution in [0.1, 0.15) is 45.9 Å². The van der Waals surface area contributed by atoms with E-state index in [1.165, 1.54) is 28.9 Å². The molecule has 2 aliphatic rings. The first kappa shape index (κ1) is 22.8. The zero-order chi connectivity index (χ0) is 23.8. The quantitative estimate of drug-likeness (QED) is 0.457. The van der Waals surface area contributed by atoms with Gasteiger partial charge in [-0.25, -0.2) is 4.79 Å². The molecule has 2 atom stereocenters. The summed E-state index contributed by atoms with van der Waals surface area (Å²) in [6.07, 6.45) is 3.01. The van der Waals surface area contributed by atoms with Gasteiger partial charge in [-0.2, -0.15) is 0 Å². The van der Waals surface area contributed by atoms with Crippen molar-refractivity contribution >= 4 is 35.1 Å². The number of aryl methyl sites for hydroxylation is 1. The van der Waals surface area contributed by atoms with E-state index in [0.29, 0.717) is 22.1 Å². The molecule has 9 nitrogen and oxygen atoms in total. The maximum atomic E-state index is 13.0. The van der Waals surface area contributed by atoms with Crippen LogP contribution in [0.5, 0.6) is 5.75 Å². The maximum Gasteiger partial charge on any atom is 0.325 e. The number of rotatable bonds is 5. The summed E-state index contributed by atoms with van der Waals surface area (Å²) in [6, 6.07) is 7.93. The van der Waals surface area contributed by atoms with Crippen molar-refractivity contribution in [2.24, 2.45) is 5.92 Å². The van der Waals surface area contributed by atoms with E-state index in [9.17, 15) is 19.2 Å². The molecule has 1 aliphatic carbocycles. The van der Waals surface area contributed by atoms with Gasteiger partial charge in [0.2, 0.25) is 0 Å². The van der Waals surface area contributed by atoms with Crippen molar-refractivity contribution in [3.05, 3.63) is 51.2 Å². The SMILES string of the molecule is COc1ccc(C2(C)NC(=O)N(CC(=O)NNC(=O)c3cc4c(s3)CCC(C)C4)C2=O)cc1. The molecule has 0 radical (unpaired) electrons. The molecule has 0 spiro atoms. The van der Waals surface area contributed by atoms with E-state index < -0.39 is 35.8 Å². The Morgan fingerprint density at radius 2 is 1.97 bits per heavy atom. The highest BCUT2D eigenvalue weighted by Crippen LogP contribution is 2.32. The van der Waals surface area contributed by atoms with Gasteiger partial charge in [-0.1, -0.05) is 19.1 Å². The van der Waals surface area contributed by atoms with Crippen molar-refractivity contribution in [2.45, 2.75) is 38.6 Å². The molecule has 1 saturated heterocycles. The predicted octanol–water partition coefficient (Wildman–Crippen LogP) is 2.11. The van der Waals surface area contributed by atoms with E-state index in [1.807, 2.05) is 6.07 Å². The molecule has 1 aromatic heterocycles. The van der Waals surface area contributed by atoms with Crippen LogP contribution in [-0.4, -0.2) is 42.3 Å². The van der Waals surface area contributed by atoms with E-state index in [0.717, 1.165) is 24.2 Å². The van der Waals surface area contributed by atoms with Crippen LogP contribution in [0.25, 0.3) is 0 Å². The van der Waals surface area contributed by atoms with Crippen LogP contribution in [0.3, 0.4) is 0 Å². The normalized spacial score (nSPS) is 21.9. The minimum absolute atomic E-state index is 0.421. The number of methoxy groups -OCH3 is 1. The standard InChI is InChI=1S/C23H26N4O5S/c1-13-4-9-17-14(10-13)11-18(33-17)20(29)26-25-19(28)12-27-21(30)23(2,24-22(27)31)15-5-7-16(32-3)8-6-15/h5-8,11,13H,4,9-10,12H2,1-3H3,(H,24,31)(H,25,28)(H,26,29). The van der Waals surface area contributed by atoms with Crippen LogP contribution in [0.4, 0.5) is 4.79 Å². The lowest BCUT2D eigenvalue weighted by molar-refractivity contribution is -0.135. The second-order valence-electron chi connectivity index (χ2n) is 8.58. The average molecular weight is 471 g/mol. The lowest BCUT2D eigenvalue weighted by Crippen LogP contribution is -2.48. The molecule has 3 N–H and O–H groups in total. The van der Waals surface area contributed by atoms with E-state index in [4.69, 9.17) is 4.74 Å². The monoisotopic (exact) mass is 470 g/mol. The van der Waals surface area contributed by atoms with E-state index in [-0.39, 0.29) is 0 Å². The van der Waals surface area contributed by atoms with E-state index in [2.05, 4.69) is 23.1 Å². The first-order chi connectivity index (χ1) is 15.7. The number of fused-ring (bicyclic) bond motifs is 1. The minimum atomic E-state index is -1.31. The summed E-state index contributed by atoms with van der Waals surface area (Å²) in [5.74, 6) is -0.446. The fourth-order valence-corrected chi connectivity index (χ4v) is 5.25. The molecular weight excluding hydrogens is 444 g/mol. The predicted molar refractivity (Wildman–Crippen MR) is 122 cm³/mol. The summed E-state index contributed by atoms with van der Waals surface area (Å²) >= 11 is 1.43.